The van der Waals surface area contributed by atoms with Gasteiger partial charge in [0.15, 0.2) is 5.58 Å². The highest BCUT2D eigenvalue weighted by atomic mass is 16.5. The number of nitrogens with zero attached hydrogens (tertiary/aromatic N) is 2. The van der Waals surface area contributed by atoms with Crippen LogP contribution < -0.4 is 5.32 Å². The second kappa shape index (κ2) is 6.65. The van der Waals surface area contributed by atoms with Crippen molar-refractivity contribution in [3.05, 3.63) is 59.9 Å². The molecule has 0 aliphatic carbocycles. The van der Waals surface area contributed by atoms with E-state index in [2.05, 4.69) is 15.5 Å². The molecule has 2 aromatic carbocycles. The molecule has 4 aromatic rings. The van der Waals surface area contributed by atoms with Crippen LogP contribution in [0.2, 0.25) is 0 Å². The number of carbonyl (C=O) groups excluding carboxylic acids is 1. The molecule has 26 heavy (non-hydrogen) atoms. The maximum atomic E-state index is 12.5. The Bertz CT molecular complexity index is 1080. The van der Waals surface area contributed by atoms with Crippen molar-refractivity contribution in [2.24, 2.45) is 0 Å². The van der Waals surface area contributed by atoms with Gasteiger partial charge in [0.1, 0.15) is 5.69 Å². The third-order valence-electron chi connectivity index (χ3n) is 4.32. The van der Waals surface area contributed by atoms with Gasteiger partial charge in [-0.05, 0) is 43.9 Å². The molecule has 0 atom stereocenters. The average molecular weight is 348 g/mol. The molecule has 0 aliphatic heterocycles. The Morgan fingerprint density at radius 3 is 2.88 bits per heavy atom. The van der Waals surface area contributed by atoms with Gasteiger partial charge < -0.3 is 19.7 Å². The summed E-state index contributed by atoms with van der Waals surface area (Å²) < 4.78 is 5.35. The number of rotatable bonds is 5. The molecule has 1 amide bonds. The lowest BCUT2D eigenvalue weighted by Crippen LogP contribution is -2.14. The number of benzene rings is 2. The summed E-state index contributed by atoms with van der Waals surface area (Å²) >= 11 is 0. The van der Waals surface area contributed by atoms with Crippen LogP contribution in [-0.2, 0) is 17.8 Å². The van der Waals surface area contributed by atoms with Crippen molar-refractivity contribution >= 4 is 33.5 Å². The molecule has 6 heteroatoms. The Hall–Kier alpha value is -3.12. The van der Waals surface area contributed by atoms with Crippen molar-refractivity contribution in [1.29, 1.82) is 0 Å². The van der Waals surface area contributed by atoms with E-state index in [1.54, 1.807) is 0 Å². The first-order chi connectivity index (χ1) is 12.6. The topological polar surface area (TPSA) is 74.2 Å². The van der Waals surface area contributed by atoms with Crippen molar-refractivity contribution in [1.82, 2.24) is 15.0 Å². The maximum absolute atomic E-state index is 12.5. The molecule has 0 saturated heterocycles. The number of para-hydroxylation sites is 1. The summed E-state index contributed by atoms with van der Waals surface area (Å²) in [5, 5.41) is 9.08. The first-order valence-corrected chi connectivity index (χ1v) is 8.48. The van der Waals surface area contributed by atoms with Gasteiger partial charge in [-0.25, -0.2) is 0 Å². The van der Waals surface area contributed by atoms with E-state index in [0.717, 1.165) is 38.8 Å². The van der Waals surface area contributed by atoms with Gasteiger partial charge in [-0.1, -0.05) is 23.4 Å². The van der Waals surface area contributed by atoms with Gasteiger partial charge in [0.2, 0.25) is 5.91 Å². The number of anilines is 1. The van der Waals surface area contributed by atoms with Gasteiger partial charge >= 0.3 is 0 Å². The minimum atomic E-state index is -0.0558. The molecule has 0 bridgehead atoms. The van der Waals surface area contributed by atoms with Crippen LogP contribution in [0.5, 0.6) is 0 Å². The van der Waals surface area contributed by atoms with E-state index in [4.69, 9.17) is 4.52 Å². The van der Waals surface area contributed by atoms with E-state index >= 15 is 0 Å². The predicted molar refractivity (Wildman–Crippen MR) is 102 cm³/mol. The molecular weight excluding hydrogens is 328 g/mol. The normalized spacial score (nSPS) is 11.5. The number of aromatic nitrogens is 2. The van der Waals surface area contributed by atoms with Crippen LogP contribution in [0.25, 0.3) is 21.9 Å². The van der Waals surface area contributed by atoms with E-state index in [1.807, 2.05) is 67.7 Å². The van der Waals surface area contributed by atoms with Crippen LogP contribution >= 0.6 is 0 Å². The quantitative estimate of drug-likeness (QED) is 0.578. The second-order valence-electron chi connectivity index (χ2n) is 6.66. The number of amides is 1. The van der Waals surface area contributed by atoms with Crippen LogP contribution in [0.1, 0.15) is 11.3 Å². The number of hydrogen-bond donors (Lipinski definition) is 2. The first kappa shape index (κ1) is 16.4. The van der Waals surface area contributed by atoms with Crippen molar-refractivity contribution in [2.75, 3.05) is 19.4 Å². The van der Waals surface area contributed by atoms with Gasteiger partial charge in [-0.3, -0.25) is 4.79 Å². The highest BCUT2D eigenvalue weighted by Gasteiger charge is 2.12. The van der Waals surface area contributed by atoms with Crippen molar-refractivity contribution in [3.63, 3.8) is 0 Å². The van der Waals surface area contributed by atoms with E-state index in [-0.39, 0.29) is 5.91 Å². The number of aromatic amines is 1. The van der Waals surface area contributed by atoms with Gasteiger partial charge in [-0.15, -0.1) is 0 Å². The lowest BCUT2D eigenvalue weighted by Gasteiger charge is -2.07. The molecule has 0 aliphatic rings. The zero-order chi connectivity index (χ0) is 18.1. The van der Waals surface area contributed by atoms with E-state index in [0.29, 0.717) is 13.0 Å². The van der Waals surface area contributed by atoms with Crippen LogP contribution in [0, 0.1) is 0 Å². The van der Waals surface area contributed by atoms with Gasteiger partial charge in [0, 0.05) is 34.7 Å². The highest BCUT2D eigenvalue weighted by Crippen LogP contribution is 2.24. The molecule has 6 nitrogen and oxygen atoms in total. The SMILES string of the molecule is CN(C)Cc1noc2ccc(NC(=O)Cc3c[nH]c4ccccc34)cc12. The second-order valence-corrected chi connectivity index (χ2v) is 6.66. The Morgan fingerprint density at radius 2 is 2.04 bits per heavy atom. The third-order valence-corrected chi connectivity index (χ3v) is 4.32. The molecule has 0 unspecified atom stereocenters. The molecule has 2 heterocycles. The molecule has 0 fully saturated rings. The maximum Gasteiger partial charge on any atom is 0.228 e. The lowest BCUT2D eigenvalue weighted by molar-refractivity contribution is -0.115. The first-order valence-electron chi connectivity index (χ1n) is 8.48. The summed E-state index contributed by atoms with van der Waals surface area (Å²) in [5.41, 5.74) is 4.34. The van der Waals surface area contributed by atoms with Crippen LogP contribution in [-0.4, -0.2) is 35.0 Å². The van der Waals surface area contributed by atoms with Gasteiger partial charge in [0.05, 0.1) is 6.42 Å². The van der Waals surface area contributed by atoms with E-state index < -0.39 is 0 Å². The minimum absolute atomic E-state index is 0.0558. The monoisotopic (exact) mass is 348 g/mol. The molecule has 0 saturated carbocycles. The summed E-state index contributed by atoms with van der Waals surface area (Å²) in [4.78, 5) is 17.7. The fraction of sp³-hybridized carbons (Fsp3) is 0.200. The summed E-state index contributed by atoms with van der Waals surface area (Å²) in [7, 11) is 3.96. The van der Waals surface area contributed by atoms with E-state index in [9.17, 15) is 4.79 Å². The van der Waals surface area contributed by atoms with Crippen molar-refractivity contribution in [2.45, 2.75) is 13.0 Å². The Morgan fingerprint density at radius 1 is 1.19 bits per heavy atom. The molecule has 2 aromatic heterocycles. The largest absolute Gasteiger partial charge is 0.361 e. The van der Waals surface area contributed by atoms with E-state index in [1.165, 1.54) is 0 Å². The minimum Gasteiger partial charge on any atom is -0.361 e. The zero-order valence-corrected chi connectivity index (χ0v) is 14.7. The standard InChI is InChI=1S/C20H20N4O2/c1-24(2)12-18-16-10-14(7-8-19(16)26-23-18)22-20(25)9-13-11-21-17-6-4-3-5-15(13)17/h3-8,10-11,21H,9,12H2,1-2H3,(H,22,25). The van der Waals surface area contributed by atoms with Crippen LogP contribution in [0.4, 0.5) is 5.69 Å². The molecule has 0 radical (unpaired) electrons. The third kappa shape index (κ3) is 3.19. The molecule has 0 spiro atoms. The predicted octanol–water partition coefficient (Wildman–Crippen LogP) is 3.55. The Labute approximate surface area is 150 Å². The lowest BCUT2D eigenvalue weighted by atomic mass is 10.1. The van der Waals surface area contributed by atoms with Crippen LogP contribution in [0.15, 0.2) is 53.2 Å². The number of fused-ring (bicyclic) bond motifs is 2. The van der Waals surface area contributed by atoms with Crippen molar-refractivity contribution in [3.8, 4) is 0 Å². The Balaban J connectivity index is 1.53. The van der Waals surface area contributed by atoms with Gasteiger partial charge in [-0.2, -0.15) is 0 Å². The summed E-state index contributed by atoms with van der Waals surface area (Å²) in [5.74, 6) is -0.0558. The van der Waals surface area contributed by atoms with Crippen LogP contribution in [0.3, 0.4) is 0 Å². The summed E-state index contributed by atoms with van der Waals surface area (Å²) in [6.07, 6.45) is 2.21. The summed E-state index contributed by atoms with van der Waals surface area (Å²) in [6, 6.07) is 13.6. The number of H-pyrrole nitrogens is 1. The molecule has 132 valence electrons. The fourth-order valence-electron chi connectivity index (χ4n) is 3.14. The zero-order valence-electron chi connectivity index (χ0n) is 14.7. The van der Waals surface area contributed by atoms with Crippen molar-refractivity contribution < 1.29 is 9.32 Å². The molecule has 4 rings (SSSR count). The smallest absolute Gasteiger partial charge is 0.228 e. The number of carbonyl (C=O) groups is 1. The molecular formula is C20H20N4O2. The molecule has 2 N–H and O–H groups in total. The van der Waals surface area contributed by atoms with Gasteiger partial charge in [0.25, 0.3) is 0 Å². The Kier molecular flexibility index (Phi) is 4.18. The summed E-state index contributed by atoms with van der Waals surface area (Å²) in [6.45, 7) is 0.680. The highest BCUT2D eigenvalue weighted by molar-refractivity contribution is 5.97. The average Bonchev–Trinajstić information content (AvgIpc) is 3.19. The fourth-order valence-corrected chi connectivity index (χ4v) is 3.14. The number of nitrogens with one attached hydrogen (secondary N) is 2. The number of hydrogen-bond acceptors (Lipinski definition) is 4.